The topological polar surface area (TPSA) is 52.0 Å². The fourth-order valence-corrected chi connectivity index (χ4v) is 1.30. The Labute approximate surface area is 90.8 Å². The van der Waals surface area contributed by atoms with Crippen LogP contribution in [0.5, 0.6) is 0 Å². The molecule has 0 saturated heterocycles. The van der Waals surface area contributed by atoms with Crippen molar-refractivity contribution in [1.29, 1.82) is 0 Å². The quantitative estimate of drug-likeness (QED) is 0.633. The van der Waals surface area contributed by atoms with Crippen LogP contribution < -0.4 is 5.32 Å². The molecule has 0 saturated carbocycles. The molecule has 1 heterocycles. The van der Waals surface area contributed by atoms with Crippen LogP contribution in [0.4, 0.5) is 0 Å². The fourth-order valence-electron chi connectivity index (χ4n) is 1.30. The Morgan fingerprint density at radius 2 is 2.33 bits per heavy atom. The number of nitrogens with zero attached hydrogens (tertiary/aromatic N) is 3. The van der Waals surface area contributed by atoms with Gasteiger partial charge in [0.1, 0.15) is 12.2 Å². The minimum Gasteiger partial charge on any atom is -0.382 e. The molecule has 15 heavy (non-hydrogen) atoms. The van der Waals surface area contributed by atoms with Crippen molar-refractivity contribution in [3.8, 4) is 0 Å². The van der Waals surface area contributed by atoms with Crippen LogP contribution in [0.15, 0.2) is 6.33 Å². The molecular weight excluding hydrogens is 192 g/mol. The number of hydrogen-bond donors (Lipinski definition) is 1. The average molecular weight is 212 g/mol. The van der Waals surface area contributed by atoms with Gasteiger partial charge in [-0.2, -0.15) is 0 Å². The molecule has 0 atom stereocenters. The Balaban J connectivity index is 1.96. The van der Waals surface area contributed by atoms with Gasteiger partial charge in [-0.15, -0.1) is 10.2 Å². The van der Waals surface area contributed by atoms with Gasteiger partial charge in [-0.05, 0) is 19.9 Å². The monoisotopic (exact) mass is 212 g/mol. The van der Waals surface area contributed by atoms with Crippen LogP contribution in [0.25, 0.3) is 0 Å². The van der Waals surface area contributed by atoms with Crippen LogP contribution in [-0.2, 0) is 18.2 Å². The molecule has 0 amide bonds. The molecule has 0 aliphatic carbocycles. The van der Waals surface area contributed by atoms with E-state index >= 15 is 0 Å². The van der Waals surface area contributed by atoms with Gasteiger partial charge in [0, 0.05) is 33.2 Å². The van der Waals surface area contributed by atoms with Gasteiger partial charge in [0.25, 0.3) is 0 Å². The van der Waals surface area contributed by atoms with Crippen LogP contribution in [0.3, 0.4) is 0 Å². The molecule has 0 spiro atoms. The summed E-state index contributed by atoms with van der Waals surface area (Å²) in [5.74, 6) is 1.02. The smallest absolute Gasteiger partial charge is 0.133 e. The number of aromatic nitrogens is 3. The van der Waals surface area contributed by atoms with Crippen LogP contribution >= 0.6 is 0 Å². The summed E-state index contributed by atoms with van der Waals surface area (Å²) < 4.78 is 7.18. The van der Waals surface area contributed by atoms with E-state index in [0.29, 0.717) is 0 Å². The first-order valence-electron chi connectivity index (χ1n) is 5.46. The van der Waals surface area contributed by atoms with Gasteiger partial charge in [0.2, 0.25) is 0 Å². The van der Waals surface area contributed by atoms with E-state index in [1.807, 2.05) is 18.5 Å². The van der Waals surface area contributed by atoms with Crippen molar-refractivity contribution in [2.45, 2.75) is 19.8 Å². The second kappa shape index (κ2) is 7.36. The summed E-state index contributed by atoms with van der Waals surface area (Å²) in [6.07, 6.45) is 3.71. The largest absolute Gasteiger partial charge is 0.382 e. The van der Waals surface area contributed by atoms with E-state index in [9.17, 15) is 0 Å². The molecule has 0 bridgehead atoms. The summed E-state index contributed by atoms with van der Waals surface area (Å²) in [6, 6.07) is 0. The molecule has 1 rings (SSSR count). The van der Waals surface area contributed by atoms with Crippen molar-refractivity contribution >= 4 is 0 Å². The summed E-state index contributed by atoms with van der Waals surface area (Å²) in [5.41, 5.74) is 0. The Bertz CT molecular complexity index is 262. The van der Waals surface area contributed by atoms with Gasteiger partial charge in [-0.3, -0.25) is 0 Å². The molecule has 5 nitrogen and oxygen atoms in total. The van der Waals surface area contributed by atoms with E-state index in [0.717, 1.165) is 45.0 Å². The van der Waals surface area contributed by atoms with E-state index < -0.39 is 0 Å². The molecule has 0 fully saturated rings. The molecule has 0 radical (unpaired) electrons. The summed E-state index contributed by atoms with van der Waals surface area (Å²) >= 11 is 0. The molecule has 1 aromatic heterocycles. The van der Waals surface area contributed by atoms with Crippen molar-refractivity contribution in [3.63, 3.8) is 0 Å². The first kappa shape index (κ1) is 12.1. The van der Waals surface area contributed by atoms with E-state index in [1.165, 1.54) is 0 Å². The first-order chi connectivity index (χ1) is 7.34. The van der Waals surface area contributed by atoms with Gasteiger partial charge >= 0.3 is 0 Å². The lowest BCUT2D eigenvalue weighted by atomic mass is 10.4. The average Bonchev–Trinajstić information content (AvgIpc) is 2.63. The number of nitrogens with one attached hydrogen (secondary N) is 1. The Hall–Kier alpha value is -0.940. The minimum atomic E-state index is 0.805. The fraction of sp³-hybridized carbons (Fsp3) is 0.800. The van der Waals surface area contributed by atoms with E-state index in [4.69, 9.17) is 4.74 Å². The van der Waals surface area contributed by atoms with Crippen molar-refractivity contribution in [1.82, 2.24) is 20.1 Å². The van der Waals surface area contributed by atoms with Gasteiger partial charge in [-0.25, -0.2) is 0 Å². The third-order valence-corrected chi connectivity index (χ3v) is 2.18. The van der Waals surface area contributed by atoms with Gasteiger partial charge < -0.3 is 14.6 Å². The molecule has 1 aromatic rings. The molecule has 0 aliphatic rings. The highest BCUT2D eigenvalue weighted by Gasteiger charge is 1.98. The van der Waals surface area contributed by atoms with Gasteiger partial charge in [0.05, 0.1) is 0 Å². The zero-order valence-corrected chi connectivity index (χ0v) is 9.57. The number of aryl methyl sites for hydroxylation is 1. The lowest BCUT2D eigenvalue weighted by Gasteiger charge is -2.04. The maximum Gasteiger partial charge on any atom is 0.133 e. The molecule has 1 N–H and O–H groups in total. The normalized spacial score (nSPS) is 10.8. The van der Waals surface area contributed by atoms with Crippen molar-refractivity contribution in [2.75, 3.05) is 26.3 Å². The molecule has 5 heteroatoms. The molecule has 86 valence electrons. The Kier molecular flexibility index (Phi) is 5.96. The number of rotatable bonds is 8. The first-order valence-corrected chi connectivity index (χ1v) is 5.46. The SMILES string of the molecule is CCOCCCNCCc1nncn1C. The summed E-state index contributed by atoms with van der Waals surface area (Å²) in [4.78, 5) is 0. The zero-order valence-electron chi connectivity index (χ0n) is 9.57. The van der Waals surface area contributed by atoms with Gasteiger partial charge in [0.15, 0.2) is 0 Å². The summed E-state index contributed by atoms with van der Waals surface area (Å²) in [6.45, 7) is 5.60. The summed E-state index contributed by atoms with van der Waals surface area (Å²) in [7, 11) is 1.96. The molecular formula is C10H20N4O. The second-order valence-corrected chi connectivity index (χ2v) is 3.41. The predicted molar refractivity (Wildman–Crippen MR) is 58.7 cm³/mol. The predicted octanol–water partition coefficient (Wildman–Crippen LogP) is 0.374. The summed E-state index contributed by atoms with van der Waals surface area (Å²) in [5, 5.41) is 11.2. The standard InChI is InChI=1S/C10H20N4O/c1-3-15-8-4-6-11-7-5-10-13-12-9-14(10)2/h9,11H,3-8H2,1-2H3. The van der Waals surface area contributed by atoms with E-state index in [-0.39, 0.29) is 0 Å². The maximum absolute atomic E-state index is 5.24. The van der Waals surface area contributed by atoms with Crippen LogP contribution in [0.1, 0.15) is 19.2 Å². The molecule has 0 aliphatic heterocycles. The Morgan fingerprint density at radius 3 is 3.00 bits per heavy atom. The zero-order chi connectivity index (χ0) is 10.9. The van der Waals surface area contributed by atoms with Crippen molar-refractivity contribution in [3.05, 3.63) is 12.2 Å². The lowest BCUT2D eigenvalue weighted by molar-refractivity contribution is 0.145. The highest BCUT2D eigenvalue weighted by atomic mass is 16.5. The van der Waals surface area contributed by atoms with E-state index in [2.05, 4.69) is 15.5 Å². The molecule has 0 aromatic carbocycles. The maximum atomic E-state index is 5.24. The van der Waals surface area contributed by atoms with Crippen LogP contribution in [0.2, 0.25) is 0 Å². The third-order valence-electron chi connectivity index (χ3n) is 2.18. The van der Waals surface area contributed by atoms with E-state index in [1.54, 1.807) is 6.33 Å². The van der Waals surface area contributed by atoms with Crippen molar-refractivity contribution < 1.29 is 4.74 Å². The Morgan fingerprint density at radius 1 is 1.47 bits per heavy atom. The number of ether oxygens (including phenoxy) is 1. The highest BCUT2D eigenvalue weighted by Crippen LogP contribution is 1.91. The van der Waals surface area contributed by atoms with Crippen LogP contribution in [0, 0.1) is 0 Å². The lowest BCUT2D eigenvalue weighted by Crippen LogP contribution is -2.20. The third kappa shape index (κ3) is 4.90. The minimum absolute atomic E-state index is 0.805. The van der Waals surface area contributed by atoms with Gasteiger partial charge in [-0.1, -0.05) is 0 Å². The van der Waals surface area contributed by atoms with Crippen molar-refractivity contribution in [2.24, 2.45) is 7.05 Å². The molecule has 0 unspecified atom stereocenters. The number of hydrogen-bond acceptors (Lipinski definition) is 4. The second-order valence-electron chi connectivity index (χ2n) is 3.41. The highest BCUT2D eigenvalue weighted by molar-refractivity contribution is 4.84. The van der Waals surface area contributed by atoms with Crippen LogP contribution in [-0.4, -0.2) is 41.1 Å².